The third-order valence-electron chi connectivity index (χ3n) is 4.10. The summed E-state index contributed by atoms with van der Waals surface area (Å²) in [5.41, 5.74) is 2.11. The quantitative estimate of drug-likeness (QED) is 0.914. The van der Waals surface area contributed by atoms with Crippen molar-refractivity contribution in [3.8, 4) is 5.75 Å². The zero-order valence-electron chi connectivity index (χ0n) is 12.9. The highest BCUT2D eigenvalue weighted by Gasteiger charge is 2.36. The molecule has 23 heavy (non-hydrogen) atoms. The van der Waals surface area contributed by atoms with Gasteiger partial charge in [0.1, 0.15) is 11.9 Å². The molecule has 118 valence electrons. The van der Waals surface area contributed by atoms with Gasteiger partial charge in [0.2, 0.25) is 0 Å². The molecule has 2 aromatic carbocycles. The maximum atomic E-state index is 12.1. The summed E-state index contributed by atoms with van der Waals surface area (Å²) in [6.07, 6.45) is -0.181. The highest BCUT2D eigenvalue weighted by Crippen LogP contribution is 2.44. The van der Waals surface area contributed by atoms with Crippen molar-refractivity contribution >= 4 is 11.9 Å². The van der Waals surface area contributed by atoms with E-state index in [1.807, 2.05) is 37.3 Å². The second-order valence-electron chi connectivity index (χ2n) is 5.54. The van der Waals surface area contributed by atoms with Crippen LogP contribution in [-0.2, 0) is 0 Å². The Morgan fingerprint density at radius 2 is 1.87 bits per heavy atom. The summed E-state index contributed by atoms with van der Waals surface area (Å²) in [5, 5.41) is 11.9. The van der Waals surface area contributed by atoms with Crippen LogP contribution in [0.15, 0.2) is 42.5 Å². The molecule has 2 atom stereocenters. The summed E-state index contributed by atoms with van der Waals surface area (Å²) in [7, 11) is 1.51. The molecule has 0 saturated heterocycles. The first-order chi connectivity index (χ1) is 11.0. The van der Waals surface area contributed by atoms with E-state index < -0.39 is 5.97 Å². The molecule has 1 aliphatic heterocycles. The summed E-state index contributed by atoms with van der Waals surface area (Å²) in [6.45, 7) is 1.92. The Labute approximate surface area is 133 Å². The number of hydrogen-bond donors (Lipinski definition) is 2. The van der Waals surface area contributed by atoms with E-state index in [-0.39, 0.29) is 29.1 Å². The number of fused-ring (bicyclic) bond motifs is 1. The second-order valence-corrected chi connectivity index (χ2v) is 5.54. The number of aromatic carboxylic acids is 1. The first kappa shape index (κ1) is 15.1. The van der Waals surface area contributed by atoms with Crippen LogP contribution >= 0.6 is 0 Å². The highest BCUT2D eigenvalue weighted by atomic mass is 16.5. The lowest BCUT2D eigenvalue weighted by Crippen LogP contribution is -2.19. The van der Waals surface area contributed by atoms with Crippen molar-refractivity contribution in [2.45, 2.75) is 18.9 Å². The van der Waals surface area contributed by atoms with Crippen LogP contribution in [0.4, 0.5) is 0 Å². The molecular weight excluding hydrogens is 294 g/mol. The molecule has 0 aromatic heterocycles. The van der Waals surface area contributed by atoms with Crippen LogP contribution in [0.2, 0.25) is 0 Å². The summed E-state index contributed by atoms with van der Waals surface area (Å²) in [5.74, 6) is -1.06. The Morgan fingerprint density at radius 3 is 2.48 bits per heavy atom. The Bertz CT molecular complexity index is 770. The van der Waals surface area contributed by atoms with Crippen molar-refractivity contribution in [3.05, 3.63) is 64.7 Å². The molecule has 0 aliphatic carbocycles. The van der Waals surface area contributed by atoms with Crippen molar-refractivity contribution in [2.75, 3.05) is 7.05 Å². The van der Waals surface area contributed by atoms with Gasteiger partial charge in [-0.2, -0.15) is 0 Å². The van der Waals surface area contributed by atoms with E-state index in [2.05, 4.69) is 5.32 Å². The first-order valence-electron chi connectivity index (χ1n) is 7.38. The molecule has 1 aliphatic rings. The molecule has 5 heteroatoms. The number of ether oxygens (including phenoxy) is 1. The van der Waals surface area contributed by atoms with Crippen LogP contribution in [0.5, 0.6) is 5.75 Å². The Hall–Kier alpha value is -2.82. The van der Waals surface area contributed by atoms with Gasteiger partial charge in [0, 0.05) is 18.5 Å². The topological polar surface area (TPSA) is 75.6 Å². The number of benzene rings is 2. The number of amides is 1. The number of hydrogen-bond acceptors (Lipinski definition) is 3. The van der Waals surface area contributed by atoms with E-state index in [9.17, 15) is 14.7 Å². The summed E-state index contributed by atoms with van der Waals surface area (Å²) in [6, 6.07) is 12.7. The monoisotopic (exact) mass is 311 g/mol. The van der Waals surface area contributed by atoms with E-state index in [0.29, 0.717) is 5.75 Å². The molecule has 2 N–H and O–H groups in total. The van der Waals surface area contributed by atoms with Crippen LogP contribution < -0.4 is 10.1 Å². The van der Waals surface area contributed by atoms with Crippen molar-refractivity contribution in [3.63, 3.8) is 0 Å². The Balaban J connectivity index is 2.21. The molecule has 0 bridgehead atoms. The maximum Gasteiger partial charge on any atom is 0.335 e. The number of nitrogens with one attached hydrogen (secondary N) is 1. The van der Waals surface area contributed by atoms with Crippen molar-refractivity contribution in [1.82, 2.24) is 5.32 Å². The number of carboxylic acid groups (broad SMARTS) is 1. The molecule has 3 rings (SSSR count). The van der Waals surface area contributed by atoms with Crippen molar-refractivity contribution < 1.29 is 19.4 Å². The van der Waals surface area contributed by atoms with Gasteiger partial charge >= 0.3 is 5.97 Å². The third kappa shape index (κ3) is 2.54. The molecule has 0 unspecified atom stereocenters. The van der Waals surface area contributed by atoms with Crippen LogP contribution in [0.3, 0.4) is 0 Å². The fourth-order valence-electron chi connectivity index (χ4n) is 3.06. The van der Waals surface area contributed by atoms with Gasteiger partial charge in [-0.15, -0.1) is 0 Å². The standard InChI is InChI=1S/C18H17NO4/c1-10-15(11-6-4-3-5-7-11)13-8-12(18(21)22)9-14(16(13)23-10)17(20)19-2/h3-10,15H,1-2H3,(H,19,20)(H,21,22)/t10-,15+/m0/s1. The van der Waals surface area contributed by atoms with E-state index in [1.54, 1.807) is 6.07 Å². The average molecular weight is 311 g/mol. The van der Waals surface area contributed by atoms with Gasteiger partial charge in [0.15, 0.2) is 0 Å². The van der Waals surface area contributed by atoms with Gasteiger partial charge in [0.25, 0.3) is 5.91 Å². The van der Waals surface area contributed by atoms with Gasteiger partial charge in [-0.05, 0) is 24.6 Å². The molecular formula is C18H17NO4. The smallest absolute Gasteiger partial charge is 0.335 e. The lowest BCUT2D eigenvalue weighted by molar-refractivity contribution is 0.0696. The van der Waals surface area contributed by atoms with Gasteiger partial charge in [-0.3, -0.25) is 4.79 Å². The SMILES string of the molecule is CNC(=O)c1cc(C(=O)O)cc2c1O[C@@H](C)[C@@H]2c1ccccc1. The molecule has 0 saturated carbocycles. The minimum atomic E-state index is -1.07. The predicted octanol–water partition coefficient (Wildman–Crippen LogP) is 2.66. The second kappa shape index (κ2) is 5.76. The zero-order chi connectivity index (χ0) is 16.6. The normalized spacial score (nSPS) is 18.9. The van der Waals surface area contributed by atoms with Crippen molar-refractivity contribution in [2.24, 2.45) is 0 Å². The Morgan fingerprint density at radius 1 is 1.17 bits per heavy atom. The van der Waals surface area contributed by atoms with Crippen molar-refractivity contribution in [1.29, 1.82) is 0 Å². The van der Waals surface area contributed by atoms with Crippen LogP contribution in [0.25, 0.3) is 0 Å². The summed E-state index contributed by atoms with van der Waals surface area (Å²) in [4.78, 5) is 23.5. The lowest BCUT2D eigenvalue weighted by atomic mass is 9.87. The first-order valence-corrected chi connectivity index (χ1v) is 7.38. The van der Waals surface area contributed by atoms with Crippen LogP contribution in [0.1, 0.15) is 44.7 Å². The van der Waals surface area contributed by atoms with E-state index >= 15 is 0 Å². The van der Waals surface area contributed by atoms with E-state index in [0.717, 1.165) is 11.1 Å². The minimum Gasteiger partial charge on any atom is -0.489 e. The number of rotatable bonds is 3. The summed E-state index contributed by atoms with van der Waals surface area (Å²) < 4.78 is 5.91. The fourth-order valence-corrected chi connectivity index (χ4v) is 3.06. The third-order valence-corrected chi connectivity index (χ3v) is 4.10. The summed E-state index contributed by atoms with van der Waals surface area (Å²) >= 11 is 0. The number of carbonyl (C=O) groups is 2. The zero-order valence-corrected chi connectivity index (χ0v) is 12.9. The molecule has 2 aromatic rings. The minimum absolute atomic E-state index is 0.0842. The molecule has 1 amide bonds. The average Bonchev–Trinajstić information content (AvgIpc) is 2.89. The fraction of sp³-hybridized carbons (Fsp3) is 0.222. The predicted molar refractivity (Wildman–Crippen MR) is 85.2 cm³/mol. The van der Waals surface area contributed by atoms with E-state index in [4.69, 9.17) is 4.74 Å². The number of carboxylic acids is 1. The molecule has 0 fully saturated rings. The molecule has 0 radical (unpaired) electrons. The molecule has 5 nitrogen and oxygen atoms in total. The highest BCUT2D eigenvalue weighted by molar-refractivity contribution is 6.00. The largest absolute Gasteiger partial charge is 0.489 e. The van der Waals surface area contributed by atoms with E-state index in [1.165, 1.54) is 13.1 Å². The van der Waals surface area contributed by atoms with Gasteiger partial charge in [0.05, 0.1) is 11.1 Å². The van der Waals surface area contributed by atoms with Gasteiger partial charge in [-0.25, -0.2) is 4.79 Å². The maximum absolute atomic E-state index is 12.1. The van der Waals surface area contributed by atoms with Crippen LogP contribution in [0, 0.1) is 0 Å². The van der Waals surface area contributed by atoms with Gasteiger partial charge < -0.3 is 15.2 Å². The van der Waals surface area contributed by atoms with Gasteiger partial charge in [-0.1, -0.05) is 30.3 Å². The molecule has 0 spiro atoms. The molecule has 1 heterocycles. The Kier molecular flexibility index (Phi) is 3.78. The van der Waals surface area contributed by atoms with Crippen LogP contribution in [-0.4, -0.2) is 30.1 Å². The number of carbonyl (C=O) groups excluding carboxylic acids is 1. The lowest BCUT2D eigenvalue weighted by Gasteiger charge is -2.15.